The number of carbonyl (C=O) groups is 1. The van der Waals surface area contributed by atoms with Crippen LogP contribution in [0.2, 0.25) is 5.02 Å². The van der Waals surface area contributed by atoms with Crippen molar-refractivity contribution in [3.05, 3.63) is 83.5 Å². The molecule has 4 heteroatoms. The molecule has 0 aliphatic carbocycles. The molecule has 136 valence electrons. The zero-order valence-electron chi connectivity index (χ0n) is 15.0. The molecule has 0 bridgehead atoms. The lowest BCUT2D eigenvalue weighted by atomic mass is 9.88. The number of ketones is 1. The van der Waals surface area contributed by atoms with Crippen molar-refractivity contribution < 1.29 is 4.79 Å². The molecule has 1 aromatic heterocycles. The first-order valence-corrected chi connectivity index (χ1v) is 9.65. The Morgan fingerprint density at radius 1 is 0.889 bits per heavy atom. The maximum atomic E-state index is 12.9. The van der Waals surface area contributed by atoms with Crippen LogP contribution in [0.4, 0.5) is 5.82 Å². The van der Waals surface area contributed by atoms with Gasteiger partial charge in [0.05, 0.1) is 0 Å². The third kappa shape index (κ3) is 4.04. The van der Waals surface area contributed by atoms with Crippen molar-refractivity contribution in [2.75, 3.05) is 18.0 Å². The van der Waals surface area contributed by atoms with Crippen LogP contribution in [0.15, 0.2) is 72.9 Å². The Labute approximate surface area is 164 Å². The van der Waals surface area contributed by atoms with E-state index >= 15 is 0 Å². The van der Waals surface area contributed by atoms with Gasteiger partial charge in [0.1, 0.15) is 5.82 Å². The molecule has 1 fully saturated rings. The number of carbonyl (C=O) groups excluding carboxylic acids is 1. The van der Waals surface area contributed by atoms with Crippen molar-refractivity contribution in [2.45, 2.75) is 12.8 Å². The van der Waals surface area contributed by atoms with E-state index < -0.39 is 0 Å². The highest BCUT2D eigenvalue weighted by molar-refractivity contribution is 6.30. The number of pyridine rings is 1. The molecule has 0 N–H and O–H groups in total. The van der Waals surface area contributed by atoms with E-state index in [1.807, 2.05) is 72.9 Å². The third-order valence-corrected chi connectivity index (χ3v) is 5.44. The van der Waals surface area contributed by atoms with Gasteiger partial charge >= 0.3 is 0 Å². The van der Waals surface area contributed by atoms with Gasteiger partial charge in [-0.3, -0.25) is 4.79 Å². The zero-order chi connectivity index (χ0) is 18.6. The highest BCUT2D eigenvalue weighted by Crippen LogP contribution is 2.26. The van der Waals surface area contributed by atoms with Gasteiger partial charge in [0.15, 0.2) is 5.78 Å². The predicted molar refractivity (Wildman–Crippen MR) is 110 cm³/mol. The molecule has 0 radical (unpaired) electrons. The van der Waals surface area contributed by atoms with Crippen molar-refractivity contribution in [3.63, 3.8) is 0 Å². The minimum atomic E-state index is 0.0892. The Morgan fingerprint density at radius 2 is 1.52 bits per heavy atom. The van der Waals surface area contributed by atoms with Gasteiger partial charge in [-0.1, -0.05) is 54.1 Å². The number of anilines is 1. The summed E-state index contributed by atoms with van der Waals surface area (Å²) in [5, 5.41) is 0.725. The van der Waals surface area contributed by atoms with E-state index in [1.165, 1.54) is 0 Å². The molecule has 2 heterocycles. The smallest absolute Gasteiger partial charge is 0.166 e. The van der Waals surface area contributed by atoms with E-state index in [1.54, 1.807) is 0 Å². The van der Waals surface area contributed by atoms with E-state index in [-0.39, 0.29) is 11.7 Å². The van der Waals surface area contributed by atoms with Crippen LogP contribution in [0.5, 0.6) is 0 Å². The lowest BCUT2D eigenvalue weighted by Crippen LogP contribution is -2.36. The maximum absolute atomic E-state index is 12.9. The molecule has 0 atom stereocenters. The third-order valence-electron chi connectivity index (χ3n) is 5.19. The van der Waals surface area contributed by atoms with Crippen molar-refractivity contribution in [1.82, 2.24) is 4.98 Å². The van der Waals surface area contributed by atoms with Crippen molar-refractivity contribution in [2.24, 2.45) is 5.92 Å². The molecule has 27 heavy (non-hydrogen) atoms. The minimum Gasteiger partial charge on any atom is -0.357 e. The molecule has 1 saturated heterocycles. The number of benzene rings is 2. The summed E-state index contributed by atoms with van der Waals surface area (Å²) >= 11 is 5.95. The summed E-state index contributed by atoms with van der Waals surface area (Å²) in [7, 11) is 0. The lowest BCUT2D eigenvalue weighted by molar-refractivity contribution is 0.0900. The van der Waals surface area contributed by atoms with Crippen LogP contribution in [0, 0.1) is 5.92 Å². The highest BCUT2D eigenvalue weighted by Gasteiger charge is 2.26. The molecule has 2 aromatic carbocycles. The van der Waals surface area contributed by atoms with Crippen LogP contribution in [0.25, 0.3) is 11.1 Å². The first-order chi connectivity index (χ1) is 13.2. The van der Waals surface area contributed by atoms with Gasteiger partial charge < -0.3 is 4.90 Å². The van der Waals surface area contributed by atoms with Gasteiger partial charge in [-0.2, -0.15) is 0 Å². The molecule has 0 spiro atoms. The summed E-state index contributed by atoms with van der Waals surface area (Å²) in [4.78, 5) is 19.5. The lowest BCUT2D eigenvalue weighted by Gasteiger charge is -2.32. The predicted octanol–water partition coefficient (Wildman–Crippen LogP) is 5.50. The summed E-state index contributed by atoms with van der Waals surface area (Å²) in [6.07, 6.45) is 3.55. The quantitative estimate of drug-likeness (QED) is 0.563. The van der Waals surface area contributed by atoms with E-state index in [4.69, 9.17) is 11.6 Å². The number of nitrogens with zero attached hydrogens (tertiary/aromatic N) is 2. The van der Waals surface area contributed by atoms with Gasteiger partial charge in [0, 0.05) is 35.8 Å². The summed E-state index contributed by atoms with van der Waals surface area (Å²) in [5.41, 5.74) is 2.99. The fourth-order valence-electron chi connectivity index (χ4n) is 3.62. The van der Waals surface area contributed by atoms with E-state index in [2.05, 4.69) is 9.88 Å². The van der Waals surface area contributed by atoms with Crippen LogP contribution in [0.3, 0.4) is 0 Å². The van der Waals surface area contributed by atoms with E-state index in [0.29, 0.717) is 0 Å². The molecule has 4 rings (SSSR count). The number of halogens is 1. The number of Topliss-reactive ketones (excluding diaryl/α,β-unsaturated/α-hetero) is 1. The van der Waals surface area contributed by atoms with Gasteiger partial charge in [-0.25, -0.2) is 4.98 Å². The number of hydrogen-bond acceptors (Lipinski definition) is 3. The largest absolute Gasteiger partial charge is 0.357 e. The maximum Gasteiger partial charge on any atom is 0.166 e. The van der Waals surface area contributed by atoms with Gasteiger partial charge in [0.25, 0.3) is 0 Å². The standard InChI is InChI=1S/C23H21ClN2O/c24-21-10-8-18(9-11-21)17-4-6-19(7-5-17)23(27)20-12-15-26(16-13-20)22-3-1-2-14-25-22/h1-11,14,20H,12-13,15-16H2. The first kappa shape index (κ1) is 17.7. The molecule has 1 aliphatic rings. The molecule has 0 saturated carbocycles. The monoisotopic (exact) mass is 376 g/mol. The number of hydrogen-bond donors (Lipinski definition) is 0. The van der Waals surface area contributed by atoms with Crippen molar-refractivity contribution >= 4 is 23.2 Å². The fraction of sp³-hybridized carbons (Fsp3) is 0.217. The molecule has 3 nitrogen and oxygen atoms in total. The highest BCUT2D eigenvalue weighted by atomic mass is 35.5. The second-order valence-corrected chi connectivity index (χ2v) is 7.33. The van der Waals surface area contributed by atoms with Crippen LogP contribution in [-0.2, 0) is 0 Å². The van der Waals surface area contributed by atoms with Crippen LogP contribution in [-0.4, -0.2) is 23.9 Å². The van der Waals surface area contributed by atoms with Gasteiger partial charge in [0.2, 0.25) is 0 Å². The van der Waals surface area contributed by atoms with Crippen molar-refractivity contribution in [1.29, 1.82) is 0 Å². The Kier molecular flexibility index (Phi) is 5.21. The van der Waals surface area contributed by atoms with Crippen LogP contribution >= 0.6 is 11.6 Å². The Balaban J connectivity index is 1.41. The first-order valence-electron chi connectivity index (χ1n) is 9.27. The van der Waals surface area contributed by atoms with E-state index in [0.717, 1.165) is 53.5 Å². The second-order valence-electron chi connectivity index (χ2n) is 6.90. The second kappa shape index (κ2) is 7.93. The van der Waals surface area contributed by atoms with Crippen LogP contribution in [0.1, 0.15) is 23.2 Å². The molecular weight excluding hydrogens is 356 g/mol. The summed E-state index contributed by atoms with van der Waals surface area (Å²) in [5.74, 6) is 1.33. The normalized spacial score (nSPS) is 14.9. The summed E-state index contributed by atoms with van der Waals surface area (Å²) < 4.78 is 0. The minimum absolute atomic E-state index is 0.0892. The number of rotatable bonds is 4. The Morgan fingerprint density at radius 3 is 2.11 bits per heavy atom. The topological polar surface area (TPSA) is 33.2 Å². The molecule has 0 unspecified atom stereocenters. The van der Waals surface area contributed by atoms with Crippen LogP contribution < -0.4 is 4.90 Å². The molecular formula is C23H21ClN2O. The Bertz CT molecular complexity index is 899. The zero-order valence-corrected chi connectivity index (χ0v) is 15.8. The average molecular weight is 377 g/mol. The number of piperidine rings is 1. The average Bonchev–Trinajstić information content (AvgIpc) is 2.75. The summed E-state index contributed by atoms with van der Waals surface area (Å²) in [6.45, 7) is 1.74. The molecule has 3 aromatic rings. The molecule has 1 aliphatic heterocycles. The molecule has 0 amide bonds. The van der Waals surface area contributed by atoms with Gasteiger partial charge in [-0.05, 0) is 48.2 Å². The summed E-state index contributed by atoms with van der Waals surface area (Å²) in [6, 6.07) is 21.6. The Hall–Kier alpha value is -2.65. The fourth-order valence-corrected chi connectivity index (χ4v) is 3.74. The van der Waals surface area contributed by atoms with Gasteiger partial charge in [-0.15, -0.1) is 0 Å². The van der Waals surface area contributed by atoms with E-state index in [9.17, 15) is 4.79 Å². The SMILES string of the molecule is O=C(c1ccc(-c2ccc(Cl)cc2)cc1)C1CCN(c2ccccn2)CC1. The number of aromatic nitrogens is 1. The van der Waals surface area contributed by atoms with Crippen molar-refractivity contribution in [3.8, 4) is 11.1 Å².